The minimum absolute atomic E-state index is 0.461. The van der Waals surface area contributed by atoms with Crippen molar-refractivity contribution in [3.8, 4) is 0 Å². The van der Waals surface area contributed by atoms with Gasteiger partial charge in [0, 0.05) is 5.39 Å². The van der Waals surface area contributed by atoms with Crippen LogP contribution < -0.4 is 5.36 Å². The van der Waals surface area contributed by atoms with Crippen molar-refractivity contribution in [2.45, 2.75) is 6.92 Å². The van der Waals surface area contributed by atoms with E-state index in [0.29, 0.717) is 22.0 Å². The average Bonchev–Trinajstić information content (AvgIpc) is 2.23. The third-order valence-corrected chi connectivity index (χ3v) is 2.20. The second-order valence-electron chi connectivity index (χ2n) is 3.10. The molecule has 14 heavy (non-hydrogen) atoms. The van der Waals surface area contributed by atoms with Crippen LogP contribution in [0.2, 0.25) is 0 Å². The lowest BCUT2D eigenvalue weighted by molar-refractivity contribution is 0.191. The molecule has 4 nitrogen and oxygen atoms in total. The first kappa shape index (κ1) is 8.62. The molecule has 72 valence electrons. The topological polar surface area (TPSA) is 57.8 Å². The number of nitrogens with zero attached hydrogens (tertiary/aromatic N) is 2. The van der Waals surface area contributed by atoms with Crippen molar-refractivity contribution >= 4 is 10.9 Å². The Morgan fingerprint density at radius 3 is 2.71 bits per heavy atom. The zero-order valence-corrected chi connectivity index (χ0v) is 7.68. The van der Waals surface area contributed by atoms with Gasteiger partial charge in [0.1, 0.15) is 5.36 Å². The van der Waals surface area contributed by atoms with Crippen LogP contribution in [0, 0.1) is 6.92 Å². The molecule has 0 bridgehead atoms. The van der Waals surface area contributed by atoms with Crippen LogP contribution in [-0.4, -0.2) is 15.1 Å². The summed E-state index contributed by atoms with van der Waals surface area (Å²) < 4.78 is 1.07. The molecule has 0 unspecified atom stereocenters. The van der Waals surface area contributed by atoms with Gasteiger partial charge in [-0.3, -0.25) is 0 Å². The van der Waals surface area contributed by atoms with Gasteiger partial charge in [-0.25, -0.2) is 0 Å². The molecule has 0 fully saturated rings. The van der Waals surface area contributed by atoms with E-state index in [0.717, 1.165) is 4.73 Å². The number of hydrogen-bond donors (Lipinski definition) is 2. The van der Waals surface area contributed by atoms with E-state index in [-0.39, 0.29) is 0 Å². The average molecular weight is 190 g/mol. The molecule has 4 heteroatoms. The Balaban J connectivity index is 3.05. The second-order valence-corrected chi connectivity index (χ2v) is 3.10. The van der Waals surface area contributed by atoms with Crippen LogP contribution in [-0.2, 0) is 0 Å². The van der Waals surface area contributed by atoms with Gasteiger partial charge in [0.2, 0.25) is 0 Å². The van der Waals surface area contributed by atoms with Crippen molar-refractivity contribution in [2.24, 2.45) is 5.16 Å². The highest BCUT2D eigenvalue weighted by Gasteiger charge is 2.02. The van der Waals surface area contributed by atoms with E-state index in [1.165, 1.54) is 0 Å². The first-order valence-electron chi connectivity index (χ1n) is 4.23. The monoisotopic (exact) mass is 190 g/mol. The van der Waals surface area contributed by atoms with Gasteiger partial charge in [-0.1, -0.05) is 23.4 Å². The maximum Gasteiger partial charge on any atom is 0.113 e. The fourth-order valence-electron chi connectivity index (χ4n) is 1.48. The molecule has 0 radical (unpaired) electrons. The number of aromatic nitrogens is 1. The van der Waals surface area contributed by atoms with Crippen molar-refractivity contribution in [2.75, 3.05) is 0 Å². The predicted molar refractivity (Wildman–Crippen MR) is 51.2 cm³/mol. The SMILES string of the molecule is Cc1c/c(=N\O)c2ccccc2n1O. The zero-order valence-electron chi connectivity index (χ0n) is 7.68. The minimum Gasteiger partial charge on any atom is -0.428 e. The van der Waals surface area contributed by atoms with Crippen molar-refractivity contribution < 1.29 is 10.4 Å². The summed E-state index contributed by atoms with van der Waals surface area (Å²) in [5.74, 6) is 0. The van der Waals surface area contributed by atoms with Gasteiger partial charge < -0.3 is 10.4 Å². The van der Waals surface area contributed by atoms with Gasteiger partial charge in [0.25, 0.3) is 0 Å². The first-order valence-corrected chi connectivity index (χ1v) is 4.23. The molecule has 0 saturated carbocycles. The summed E-state index contributed by atoms with van der Waals surface area (Å²) >= 11 is 0. The molecule has 0 amide bonds. The second kappa shape index (κ2) is 3.06. The highest BCUT2D eigenvalue weighted by Crippen LogP contribution is 2.09. The Morgan fingerprint density at radius 2 is 2.00 bits per heavy atom. The summed E-state index contributed by atoms with van der Waals surface area (Å²) in [4.78, 5) is 0. The summed E-state index contributed by atoms with van der Waals surface area (Å²) in [5.41, 5.74) is 1.25. The van der Waals surface area contributed by atoms with E-state index in [1.54, 1.807) is 25.1 Å². The number of para-hydroxylation sites is 1. The highest BCUT2D eigenvalue weighted by molar-refractivity contribution is 5.78. The molecule has 2 aromatic rings. The summed E-state index contributed by atoms with van der Waals surface area (Å²) in [6.07, 6.45) is 0. The van der Waals surface area contributed by atoms with Gasteiger partial charge in [-0.2, -0.15) is 4.73 Å². The minimum atomic E-state index is 0.461. The molecule has 0 spiro atoms. The van der Waals surface area contributed by atoms with Crippen LogP contribution in [0.1, 0.15) is 5.69 Å². The third-order valence-electron chi connectivity index (χ3n) is 2.20. The van der Waals surface area contributed by atoms with E-state index in [2.05, 4.69) is 5.16 Å². The molecular formula is C10H10N2O2. The Labute approximate surface area is 80.3 Å². The fourth-order valence-corrected chi connectivity index (χ4v) is 1.48. The number of rotatable bonds is 0. The van der Waals surface area contributed by atoms with E-state index >= 15 is 0 Å². The van der Waals surface area contributed by atoms with Crippen molar-refractivity contribution in [1.29, 1.82) is 0 Å². The number of hydrogen-bond acceptors (Lipinski definition) is 3. The summed E-state index contributed by atoms with van der Waals surface area (Å²) in [5, 5.41) is 22.8. The van der Waals surface area contributed by atoms with Gasteiger partial charge >= 0.3 is 0 Å². The van der Waals surface area contributed by atoms with Crippen molar-refractivity contribution in [1.82, 2.24) is 4.73 Å². The van der Waals surface area contributed by atoms with E-state index in [9.17, 15) is 5.21 Å². The lowest BCUT2D eigenvalue weighted by Gasteiger charge is -2.06. The molecule has 0 atom stereocenters. The summed E-state index contributed by atoms with van der Waals surface area (Å²) in [7, 11) is 0. The Kier molecular flexibility index (Phi) is 1.89. The summed E-state index contributed by atoms with van der Waals surface area (Å²) in [6.45, 7) is 1.74. The van der Waals surface area contributed by atoms with E-state index in [4.69, 9.17) is 5.21 Å². The maximum atomic E-state index is 9.67. The molecule has 0 aliphatic rings. The molecule has 2 N–H and O–H groups in total. The van der Waals surface area contributed by atoms with Crippen LogP contribution in [0.4, 0.5) is 0 Å². The van der Waals surface area contributed by atoms with Gasteiger partial charge in [0.15, 0.2) is 0 Å². The Morgan fingerprint density at radius 1 is 1.29 bits per heavy atom. The van der Waals surface area contributed by atoms with Crippen LogP contribution in [0.3, 0.4) is 0 Å². The fraction of sp³-hybridized carbons (Fsp3) is 0.100. The number of fused-ring (bicyclic) bond motifs is 1. The molecule has 2 rings (SSSR count). The van der Waals surface area contributed by atoms with Gasteiger partial charge in [-0.15, -0.1) is 0 Å². The van der Waals surface area contributed by atoms with Crippen LogP contribution >= 0.6 is 0 Å². The Bertz CT molecular complexity index is 543. The number of benzene rings is 1. The number of pyridine rings is 1. The largest absolute Gasteiger partial charge is 0.428 e. The van der Waals surface area contributed by atoms with Gasteiger partial charge in [0.05, 0.1) is 11.2 Å². The van der Waals surface area contributed by atoms with Crippen LogP contribution in [0.15, 0.2) is 35.5 Å². The highest BCUT2D eigenvalue weighted by atomic mass is 16.5. The quantitative estimate of drug-likeness (QED) is 0.375. The lowest BCUT2D eigenvalue weighted by atomic mass is 10.2. The third kappa shape index (κ3) is 1.12. The normalized spacial score (nSPS) is 12.2. The Hall–Kier alpha value is -1.97. The van der Waals surface area contributed by atoms with Crippen LogP contribution in [0.25, 0.3) is 10.9 Å². The van der Waals surface area contributed by atoms with Crippen LogP contribution in [0.5, 0.6) is 0 Å². The smallest absolute Gasteiger partial charge is 0.113 e. The van der Waals surface area contributed by atoms with E-state index < -0.39 is 0 Å². The standard InChI is InChI=1S/C10H10N2O2/c1-7-6-9(11-13)8-4-2-3-5-10(8)12(7)14/h2-6,13-14H,1H3/b11-9+. The van der Waals surface area contributed by atoms with E-state index in [1.807, 2.05) is 12.1 Å². The van der Waals surface area contributed by atoms with Crippen molar-refractivity contribution in [3.63, 3.8) is 0 Å². The zero-order chi connectivity index (χ0) is 10.1. The number of aryl methyl sites for hydroxylation is 1. The molecule has 1 aromatic heterocycles. The summed E-state index contributed by atoms with van der Waals surface area (Å²) in [6, 6.07) is 8.80. The van der Waals surface area contributed by atoms with Crippen molar-refractivity contribution in [3.05, 3.63) is 41.4 Å². The lowest BCUT2D eigenvalue weighted by Crippen LogP contribution is -2.11. The molecule has 0 saturated heterocycles. The molecule has 1 aromatic carbocycles. The molecule has 1 heterocycles. The predicted octanol–water partition coefficient (Wildman–Crippen LogP) is 1.48. The maximum absolute atomic E-state index is 9.67. The first-order chi connectivity index (χ1) is 6.74. The molecule has 0 aliphatic carbocycles. The molecule has 0 aliphatic heterocycles. The van der Waals surface area contributed by atoms with Gasteiger partial charge in [-0.05, 0) is 19.1 Å². The molecular weight excluding hydrogens is 180 g/mol.